The zero-order valence-electron chi connectivity index (χ0n) is 12.7. The maximum atomic E-state index is 12.8. The normalized spacial score (nSPS) is 19.1. The lowest BCUT2D eigenvalue weighted by molar-refractivity contribution is 0.257. The van der Waals surface area contributed by atoms with Crippen molar-refractivity contribution in [3.8, 4) is 0 Å². The number of sulfonamides is 1. The predicted molar refractivity (Wildman–Crippen MR) is 90.8 cm³/mol. The fourth-order valence-corrected chi connectivity index (χ4v) is 4.51. The molecule has 24 heavy (non-hydrogen) atoms. The molecule has 2 aromatic heterocycles. The monoisotopic (exact) mass is 375 g/mol. The quantitative estimate of drug-likeness (QED) is 0.662. The Morgan fingerprint density at radius 2 is 2.04 bits per heavy atom. The zero-order chi connectivity index (χ0) is 16.6. The summed E-state index contributed by atoms with van der Waals surface area (Å²) < 4.78 is 27.0. The van der Waals surface area contributed by atoms with Gasteiger partial charge >= 0.3 is 5.69 Å². The zero-order valence-corrected chi connectivity index (χ0v) is 14.3. The van der Waals surface area contributed by atoms with Crippen molar-refractivity contribution < 1.29 is 8.42 Å². The third kappa shape index (κ3) is 3.22. The lowest BCUT2D eigenvalue weighted by Crippen LogP contribution is -2.47. The van der Waals surface area contributed by atoms with E-state index in [0.717, 1.165) is 19.0 Å². The first-order chi connectivity index (χ1) is 10.9. The van der Waals surface area contributed by atoms with Crippen LogP contribution in [0.1, 0.15) is 19.3 Å². The molecule has 0 saturated carbocycles. The second kappa shape index (κ2) is 7.01. The summed E-state index contributed by atoms with van der Waals surface area (Å²) in [5.41, 5.74) is 4.36. The standard InChI is InChI=1S/C13H17N5O4S.ClH/c14-6-8-3-1-2-4-18(8)23(21,22)9-5-10-11(15-7-9)16-13(20)17-12(10)19;/h5,7-8H,1-4,6,14H2,(H2,15,16,17,19,20);1H. The highest BCUT2D eigenvalue weighted by molar-refractivity contribution is 7.89. The summed E-state index contributed by atoms with van der Waals surface area (Å²) in [5, 5.41) is 0.0204. The molecule has 3 heterocycles. The fraction of sp³-hybridized carbons (Fsp3) is 0.462. The molecule has 1 atom stereocenters. The maximum Gasteiger partial charge on any atom is 0.327 e. The molecule has 4 N–H and O–H groups in total. The van der Waals surface area contributed by atoms with E-state index in [4.69, 9.17) is 5.73 Å². The largest absolute Gasteiger partial charge is 0.329 e. The first kappa shape index (κ1) is 18.6. The van der Waals surface area contributed by atoms with E-state index in [2.05, 4.69) is 15.0 Å². The van der Waals surface area contributed by atoms with Crippen LogP contribution in [0, 0.1) is 0 Å². The van der Waals surface area contributed by atoms with Gasteiger partial charge in [-0.15, -0.1) is 12.4 Å². The van der Waals surface area contributed by atoms with Crippen LogP contribution in [0.15, 0.2) is 26.7 Å². The molecule has 1 unspecified atom stereocenters. The van der Waals surface area contributed by atoms with Gasteiger partial charge in [-0.2, -0.15) is 4.31 Å². The van der Waals surface area contributed by atoms with E-state index in [-0.39, 0.29) is 40.9 Å². The van der Waals surface area contributed by atoms with E-state index in [1.807, 2.05) is 0 Å². The fourth-order valence-electron chi connectivity index (χ4n) is 2.83. The molecule has 1 aliphatic heterocycles. The van der Waals surface area contributed by atoms with Crippen molar-refractivity contribution in [1.29, 1.82) is 0 Å². The minimum Gasteiger partial charge on any atom is -0.329 e. The first-order valence-corrected chi connectivity index (χ1v) is 8.72. The molecule has 0 aromatic carbocycles. The summed E-state index contributed by atoms with van der Waals surface area (Å²) in [5.74, 6) is 0. The molecule has 9 nitrogen and oxygen atoms in total. The van der Waals surface area contributed by atoms with Crippen LogP contribution in [0.25, 0.3) is 11.0 Å². The first-order valence-electron chi connectivity index (χ1n) is 7.28. The predicted octanol–water partition coefficient (Wildman–Crippen LogP) is -0.465. The van der Waals surface area contributed by atoms with Crippen molar-refractivity contribution in [2.24, 2.45) is 5.73 Å². The lowest BCUT2D eigenvalue weighted by atomic mass is 10.1. The molecule has 0 radical (unpaired) electrons. The average Bonchev–Trinajstić information content (AvgIpc) is 2.54. The SMILES string of the molecule is Cl.NCC1CCCCN1S(=O)(=O)c1cnc2[nH]c(=O)[nH]c(=O)c2c1. The van der Waals surface area contributed by atoms with Gasteiger partial charge in [0.25, 0.3) is 5.56 Å². The second-order valence-electron chi connectivity index (χ2n) is 5.48. The number of hydrogen-bond acceptors (Lipinski definition) is 6. The summed E-state index contributed by atoms with van der Waals surface area (Å²) >= 11 is 0. The number of hydrogen-bond donors (Lipinski definition) is 3. The van der Waals surface area contributed by atoms with Gasteiger partial charge in [-0.1, -0.05) is 6.42 Å². The van der Waals surface area contributed by atoms with Crippen molar-refractivity contribution in [3.63, 3.8) is 0 Å². The Kier molecular flexibility index (Phi) is 5.43. The smallest absolute Gasteiger partial charge is 0.327 e. The summed E-state index contributed by atoms with van der Waals surface area (Å²) in [7, 11) is -3.80. The number of fused-ring (bicyclic) bond motifs is 1. The molecule has 1 aliphatic rings. The highest BCUT2D eigenvalue weighted by atomic mass is 35.5. The second-order valence-corrected chi connectivity index (χ2v) is 7.37. The van der Waals surface area contributed by atoms with Crippen LogP contribution < -0.4 is 17.0 Å². The van der Waals surface area contributed by atoms with Crippen LogP contribution in [0.3, 0.4) is 0 Å². The van der Waals surface area contributed by atoms with E-state index in [9.17, 15) is 18.0 Å². The van der Waals surface area contributed by atoms with Crippen LogP contribution >= 0.6 is 12.4 Å². The van der Waals surface area contributed by atoms with Gasteiger partial charge in [0.05, 0.1) is 5.39 Å². The number of aromatic nitrogens is 3. The Labute approximate surface area is 143 Å². The van der Waals surface area contributed by atoms with Gasteiger partial charge in [0.15, 0.2) is 0 Å². The number of rotatable bonds is 3. The summed E-state index contributed by atoms with van der Waals surface area (Å²) in [6.07, 6.45) is 3.56. The van der Waals surface area contributed by atoms with Crippen molar-refractivity contribution in [2.75, 3.05) is 13.1 Å². The van der Waals surface area contributed by atoms with Crippen LogP contribution in [0.4, 0.5) is 0 Å². The molecule has 3 rings (SSSR count). The van der Waals surface area contributed by atoms with Crippen molar-refractivity contribution >= 4 is 33.5 Å². The topological polar surface area (TPSA) is 142 Å². The number of aromatic amines is 2. The Morgan fingerprint density at radius 3 is 2.75 bits per heavy atom. The minimum atomic E-state index is -3.80. The Balaban J connectivity index is 0.00000208. The highest BCUT2D eigenvalue weighted by Crippen LogP contribution is 2.25. The van der Waals surface area contributed by atoms with E-state index in [1.54, 1.807) is 0 Å². The minimum absolute atomic E-state index is 0. The molecule has 0 amide bonds. The van der Waals surface area contributed by atoms with Gasteiger partial charge in [0.1, 0.15) is 10.5 Å². The van der Waals surface area contributed by atoms with Gasteiger partial charge in [0.2, 0.25) is 10.0 Å². The lowest BCUT2D eigenvalue weighted by Gasteiger charge is -2.33. The van der Waals surface area contributed by atoms with E-state index >= 15 is 0 Å². The van der Waals surface area contributed by atoms with E-state index in [1.165, 1.54) is 10.4 Å². The van der Waals surface area contributed by atoms with E-state index < -0.39 is 21.3 Å². The summed E-state index contributed by atoms with van der Waals surface area (Å²) in [6.45, 7) is 0.637. The molecule has 0 bridgehead atoms. The van der Waals surface area contributed by atoms with Gasteiger partial charge < -0.3 is 5.73 Å². The maximum absolute atomic E-state index is 12.8. The molecule has 0 aliphatic carbocycles. The Hall–Kier alpha value is -1.75. The molecule has 1 saturated heterocycles. The number of halogens is 1. The van der Waals surface area contributed by atoms with Crippen LogP contribution in [-0.2, 0) is 10.0 Å². The number of nitrogens with zero attached hydrogens (tertiary/aromatic N) is 2. The van der Waals surface area contributed by atoms with Crippen LogP contribution in [0.5, 0.6) is 0 Å². The molecule has 2 aromatic rings. The number of pyridine rings is 1. The average molecular weight is 376 g/mol. The third-order valence-corrected chi connectivity index (χ3v) is 5.94. The van der Waals surface area contributed by atoms with Gasteiger partial charge in [-0.25, -0.2) is 18.2 Å². The van der Waals surface area contributed by atoms with Gasteiger partial charge in [-0.05, 0) is 18.9 Å². The Morgan fingerprint density at radius 1 is 1.29 bits per heavy atom. The summed E-state index contributed by atoms with van der Waals surface area (Å²) in [6, 6.07) is 0.979. The van der Waals surface area contributed by atoms with Gasteiger partial charge in [-0.3, -0.25) is 14.8 Å². The Bertz CT molecular complexity index is 955. The van der Waals surface area contributed by atoms with Crippen molar-refractivity contribution in [2.45, 2.75) is 30.2 Å². The number of nitrogens with one attached hydrogen (secondary N) is 2. The summed E-state index contributed by atoms with van der Waals surface area (Å²) in [4.78, 5) is 31.3. The number of H-pyrrole nitrogens is 2. The van der Waals surface area contributed by atoms with Crippen molar-refractivity contribution in [3.05, 3.63) is 33.1 Å². The molecular weight excluding hydrogens is 358 g/mol. The molecule has 1 fully saturated rings. The molecule has 11 heteroatoms. The molecule has 132 valence electrons. The van der Waals surface area contributed by atoms with E-state index in [0.29, 0.717) is 13.0 Å². The van der Waals surface area contributed by atoms with Gasteiger partial charge in [0, 0.05) is 25.3 Å². The van der Waals surface area contributed by atoms with Crippen LogP contribution in [0.2, 0.25) is 0 Å². The third-order valence-electron chi connectivity index (χ3n) is 4.02. The molecule has 0 spiro atoms. The number of piperidine rings is 1. The highest BCUT2D eigenvalue weighted by Gasteiger charge is 2.33. The van der Waals surface area contributed by atoms with Crippen LogP contribution in [-0.4, -0.2) is 46.8 Å². The van der Waals surface area contributed by atoms with Crippen molar-refractivity contribution in [1.82, 2.24) is 19.3 Å². The molecular formula is C13H18ClN5O4S. The number of nitrogens with two attached hydrogens (primary N) is 1.